The summed E-state index contributed by atoms with van der Waals surface area (Å²) in [6, 6.07) is 13.5. The molecule has 1 fully saturated rings. The topological polar surface area (TPSA) is 59.5 Å². The van der Waals surface area contributed by atoms with Crippen LogP contribution in [0.15, 0.2) is 53.7 Å². The van der Waals surface area contributed by atoms with E-state index in [2.05, 4.69) is 66.9 Å². The Labute approximate surface area is 196 Å². The van der Waals surface area contributed by atoms with Crippen molar-refractivity contribution < 1.29 is 12.8 Å². The molecule has 170 valence electrons. The zero-order valence-electron chi connectivity index (χ0n) is 19.0. The van der Waals surface area contributed by atoms with Crippen molar-refractivity contribution in [1.82, 2.24) is 9.29 Å². The summed E-state index contributed by atoms with van der Waals surface area (Å²) in [5.41, 5.74) is 2.02. The van der Waals surface area contributed by atoms with E-state index < -0.39 is 18.3 Å². The first-order chi connectivity index (χ1) is 14.5. The maximum atomic E-state index is 13.5. The van der Waals surface area contributed by atoms with E-state index in [1.807, 2.05) is 24.3 Å². The molecule has 2 aromatic rings. The van der Waals surface area contributed by atoms with Crippen molar-refractivity contribution in [1.29, 1.82) is 0 Å². The van der Waals surface area contributed by atoms with Gasteiger partial charge in [-0.25, -0.2) is 13.4 Å². The number of benzene rings is 1. The molecule has 0 aliphatic carbocycles. The predicted octanol–water partition coefficient (Wildman–Crippen LogP) is 5.55. The second-order valence-electron chi connectivity index (χ2n) is 9.78. The van der Waals surface area contributed by atoms with Gasteiger partial charge in [-0.05, 0) is 53.7 Å². The monoisotopic (exact) mass is 524 g/mol. The lowest BCUT2D eigenvalue weighted by Crippen LogP contribution is -2.40. The SMILES string of the molecule is CC(C)(C)[Si](C)(C)OCc1ccnc(S(=O)(=O)N2CC(c3ccccc3)CC2CBr)c1. The molecule has 2 unspecified atom stereocenters. The Balaban J connectivity index is 1.81. The molecule has 1 aliphatic rings. The second-order valence-corrected chi connectivity index (χ2v) is 17.1. The molecule has 1 aromatic carbocycles. The summed E-state index contributed by atoms with van der Waals surface area (Å²) in [7, 11) is -5.62. The standard InChI is InChI=1S/C23H33BrN2O3SSi/c1-23(2,3)31(4,5)29-17-18-11-12-25-22(13-18)30(27,28)26-16-20(14-21(26)15-24)19-9-7-6-8-10-19/h6-13,20-21H,14-17H2,1-5H3. The minimum atomic E-state index is -3.70. The molecule has 0 amide bonds. The van der Waals surface area contributed by atoms with Crippen molar-refractivity contribution in [3.8, 4) is 0 Å². The van der Waals surface area contributed by atoms with Crippen LogP contribution in [0.5, 0.6) is 0 Å². The van der Waals surface area contributed by atoms with Crippen molar-refractivity contribution >= 4 is 34.3 Å². The van der Waals surface area contributed by atoms with E-state index in [1.165, 1.54) is 5.56 Å². The molecule has 8 heteroatoms. The number of hydrogen-bond acceptors (Lipinski definition) is 4. The van der Waals surface area contributed by atoms with Crippen molar-refractivity contribution in [2.75, 3.05) is 11.9 Å². The fourth-order valence-corrected chi connectivity index (χ4v) is 7.00. The number of alkyl halides is 1. The van der Waals surface area contributed by atoms with E-state index in [1.54, 1.807) is 16.6 Å². The summed E-state index contributed by atoms with van der Waals surface area (Å²) in [6.45, 7) is 11.8. The van der Waals surface area contributed by atoms with Crippen LogP contribution < -0.4 is 0 Å². The summed E-state index contributed by atoms with van der Waals surface area (Å²) in [4.78, 5) is 4.23. The molecule has 2 heterocycles. The number of aromatic nitrogens is 1. The summed E-state index contributed by atoms with van der Waals surface area (Å²) in [5, 5.41) is 0.799. The lowest BCUT2D eigenvalue weighted by Gasteiger charge is -2.36. The van der Waals surface area contributed by atoms with Crippen LogP contribution in [0, 0.1) is 0 Å². The molecule has 3 rings (SSSR count). The van der Waals surface area contributed by atoms with Crippen LogP contribution >= 0.6 is 15.9 Å². The van der Waals surface area contributed by atoms with E-state index in [0.29, 0.717) is 18.5 Å². The number of rotatable bonds is 7. The van der Waals surface area contributed by atoms with Crippen LogP contribution in [-0.4, -0.2) is 43.9 Å². The van der Waals surface area contributed by atoms with Gasteiger partial charge < -0.3 is 4.43 Å². The fraction of sp³-hybridized carbons (Fsp3) is 0.522. The zero-order valence-corrected chi connectivity index (χ0v) is 22.4. The third-order valence-electron chi connectivity index (χ3n) is 6.59. The third-order valence-corrected chi connectivity index (χ3v) is 13.6. The number of nitrogens with zero attached hydrogens (tertiary/aromatic N) is 2. The lowest BCUT2D eigenvalue weighted by atomic mass is 9.97. The lowest BCUT2D eigenvalue weighted by molar-refractivity contribution is 0.276. The van der Waals surface area contributed by atoms with E-state index in [-0.39, 0.29) is 22.0 Å². The molecule has 1 aliphatic heterocycles. The molecule has 1 aromatic heterocycles. The highest BCUT2D eigenvalue weighted by molar-refractivity contribution is 9.09. The van der Waals surface area contributed by atoms with E-state index in [9.17, 15) is 8.42 Å². The third kappa shape index (κ3) is 5.47. The van der Waals surface area contributed by atoms with Crippen LogP contribution in [0.1, 0.15) is 44.2 Å². The molecule has 1 saturated heterocycles. The van der Waals surface area contributed by atoms with Crippen LogP contribution in [-0.2, 0) is 21.1 Å². The van der Waals surface area contributed by atoms with Gasteiger partial charge in [0.2, 0.25) is 0 Å². The maximum absolute atomic E-state index is 13.5. The number of pyridine rings is 1. The van der Waals surface area contributed by atoms with Crippen LogP contribution in [0.25, 0.3) is 0 Å². The van der Waals surface area contributed by atoms with Gasteiger partial charge in [0.15, 0.2) is 13.3 Å². The van der Waals surface area contributed by atoms with Crippen molar-refractivity contribution in [3.63, 3.8) is 0 Å². The van der Waals surface area contributed by atoms with Gasteiger partial charge in [0.1, 0.15) is 0 Å². The molecular weight excluding hydrogens is 492 g/mol. The highest BCUT2D eigenvalue weighted by Gasteiger charge is 2.41. The maximum Gasteiger partial charge on any atom is 0.260 e. The number of halogens is 1. The Bertz CT molecular complexity index is 993. The van der Waals surface area contributed by atoms with Gasteiger partial charge >= 0.3 is 0 Å². The Kier molecular flexibility index (Phi) is 7.48. The molecule has 0 N–H and O–H groups in total. The van der Waals surface area contributed by atoms with E-state index >= 15 is 0 Å². The van der Waals surface area contributed by atoms with E-state index in [0.717, 1.165) is 12.0 Å². The van der Waals surface area contributed by atoms with Gasteiger partial charge in [0.05, 0.1) is 6.61 Å². The summed E-state index contributed by atoms with van der Waals surface area (Å²) in [5.74, 6) is 0.184. The molecule has 0 bridgehead atoms. The highest BCUT2D eigenvalue weighted by Crippen LogP contribution is 2.38. The first kappa shape index (κ1) is 24.6. The predicted molar refractivity (Wildman–Crippen MR) is 131 cm³/mol. The minimum Gasteiger partial charge on any atom is -0.413 e. The molecule has 2 atom stereocenters. The Morgan fingerprint density at radius 3 is 2.48 bits per heavy atom. The minimum absolute atomic E-state index is 0.0934. The molecule has 5 nitrogen and oxygen atoms in total. The zero-order chi connectivity index (χ0) is 22.9. The van der Waals surface area contributed by atoms with Gasteiger partial charge in [-0.15, -0.1) is 0 Å². The van der Waals surface area contributed by atoms with Crippen LogP contribution in [0.3, 0.4) is 0 Å². The average molecular weight is 526 g/mol. The first-order valence-corrected chi connectivity index (χ1v) is 16.1. The van der Waals surface area contributed by atoms with Gasteiger partial charge in [0.25, 0.3) is 10.0 Å². The Morgan fingerprint density at radius 1 is 1.19 bits per heavy atom. The quantitative estimate of drug-likeness (QED) is 0.352. The highest BCUT2D eigenvalue weighted by atomic mass is 79.9. The van der Waals surface area contributed by atoms with Crippen molar-refractivity contribution in [2.45, 2.75) is 68.9 Å². The molecule has 0 radical (unpaired) electrons. The summed E-state index contributed by atoms with van der Waals surface area (Å²) >= 11 is 3.52. The van der Waals surface area contributed by atoms with Gasteiger partial charge in [0, 0.05) is 24.1 Å². The normalized spacial score (nSPS) is 20.8. The van der Waals surface area contributed by atoms with Crippen LogP contribution in [0.2, 0.25) is 18.1 Å². The second kappa shape index (κ2) is 9.43. The average Bonchev–Trinajstić information content (AvgIpc) is 3.18. The molecule has 31 heavy (non-hydrogen) atoms. The van der Waals surface area contributed by atoms with Crippen LogP contribution in [0.4, 0.5) is 0 Å². The fourth-order valence-electron chi connectivity index (χ4n) is 3.57. The van der Waals surface area contributed by atoms with Gasteiger partial charge in [-0.1, -0.05) is 67.0 Å². The van der Waals surface area contributed by atoms with Gasteiger partial charge in [-0.3, -0.25) is 0 Å². The largest absolute Gasteiger partial charge is 0.413 e. The van der Waals surface area contributed by atoms with Crippen molar-refractivity contribution in [2.24, 2.45) is 0 Å². The smallest absolute Gasteiger partial charge is 0.260 e. The number of sulfonamides is 1. The molecule has 0 saturated carbocycles. The first-order valence-electron chi connectivity index (χ1n) is 10.7. The summed E-state index contributed by atoms with van der Waals surface area (Å²) in [6.07, 6.45) is 2.37. The van der Waals surface area contributed by atoms with Crippen molar-refractivity contribution in [3.05, 3.63) is 59.8 Å². The van der Waals surface area contributed by atoms with E-state index in [4.69, 9.17) is 4.43 Å². The summed E-state index contributed by atoms with van der Waals surface area (Å²) < 4.78 is 34.9. The Hall–Kier alpha value is -1.06. The molecular formula is C23H33BrN2O3SSi. The molecule has 0 spiro atoms. The van der Waals surface area contributed by atoms with Gasteiger partial charge in [-0.2, -0.15) is 4.31 Å². The Morgan fingerprint density at radius 2 is 1.87 bits per heavy atom. The number of hydrogen-bond donors (Lipinski definition) is 0.